The van der Waals surface area contributed by atoms with Gasteiger partial charge in [-0.05, 0) is 74.6 Å². The molecule has 0 spiro atoms. The van der Waals surface area contributed by atoms with Gasteiger partial charge in [0, 0.05) is 30.7 Å². The van der Waals surface area contributed by atoms with Crippen LogP contribution in [0, 0.1) is 11.3 Å². The molecule has 2 aromatic rings. The molecule has 2 aromatic carbocycles. The second-order valence-corrected chi connectivity index (χ2v) is 13.0. The highest BCUT2D eigenvalue weighted by Crippen LogP contribution is 2.46. The van der Waals surface area contributed by atoms with Crippen LogP contribution in [0.1, 0.15) is 88.7 Å². The maximum absolute atomic E-state index is 14.0. The van der Waals surface area contributed by atoms with Crippen LogP contribution in [-0.2, 0) is 32.0 Å². The van der Waals surface area contributed by atoms with E-state index in [-0.39, 0.29) is 29.8 Å². The topological polar surface area (TPSA) is 92.8 Å². The van der Waals surface area contributed by atoms with Gasteiger partial charge in [0.05, 0.1) is 18.7 Å². The van der Waals surface area contributed by atoms with Gasteiger partial charge in [0.1, 0.15) is 5.75 Å². The number of carbonyl (C=O) groups is 4. The predicted molar refractivity (Wildman–Crippen MR) is 166 cm³/mol. The number of hydrogen-bond donors (Lipinski definition) is 1. The highest BCUT2D eigenvalue weighted by molar-refractivity contribution is 5.97. The zero-order valence-corrected chi connectivity index (χ0v) is 25.5. The maximum Gasteiger partial charge on any atom is 0.224 e. The van der Waals surface area contributed by atoms with Crippen molar-refractivity contribution in [2.75, 3.05) is 13.2 Å². The lowest BCUT2D eigenvalue weighted by Gasteiger charge is -2.27. The van der Waals surface area contributed by atoms with Gasteiger partial charge in [-0.1, -0.05) is 68.7 Å². The smallest absolute Gasteiger partial charge is 0.224 e. The molecule has 6 rings (SSSR count). The van der Waals surface area contributed by atoms with Crippen LogP contribution in [0.25, 0.3) is 0 Å². The summed E-state index contributed by atoms with van der Waals surface area (Å²) in [5.41, 5.74) is 1.51. The number of benzene rings is 2. The second kappa shape index (κ2) is 14.3. The Labute approximate surface area is 255 Å². The second-order valence-electron chi connectivity index (χ2n) is 13.0. The highest BCUT2D eigenvalue weighted by Gasteiger charge is 2.48. The normalized spacial score (nSPS) is 23.7. The molecule has 4 aliphatic rings. The lowest BCUT2D eigenvalue weighted by molar-refractivity contribution is -0.139. The van der Waals surface area contributed by atoms with Gasteiger partial charge in [-0.25, -0.2) is 0 Å². The van der Waals surface area contributed by atoms with Gasteiger partial charge in [-0.2, -0.15) is 0 Å². The molecule has 3 aliphatic heterocycles. The third-order valence-corrected chi connectivity index (χ3v) is 9.48. The molecule has 1 aliphatic carbocycles. The predicted octanol–water partition coefficient (Wildman–Crippen LogP) is 5.63. The first-order valence-corrected chi connectivity index (χ1v) is 16.2. The van der Waals surface area contributed by atoms with Gasteiger partial charge >= 0.3 is 0 Å². The molecule has 2 amide bonds. The van der Waals surface area contributed by atoms with E-state index in [1.807, 2.05) is 61.5 Å². The molecule has 43 heavy (non-hydrogen) atoms. The summed E-state index contributed by atoms with van der Waals surface area (Å²) in [6.07, 6.45) is 9.23. The van der Waals surface area contributed by atoms with Crippen molar-refractivity contribution in [1.29, 1.82) is 0 Å². The van der Waals surface area contributed by atoms with Crippen molar-refractivity contribution in [3.63, 3.8) is 0 Å². The number of nitrogens with zero attached hydrogens (tertiary/aromatic N) is 1. The number of ketones is 2. The Bertz CT molecular complexity index is 1270. The molecule has 2 bridgehead atoms. The van der Waals surface area contributed by atoms with E-state index < -0.39 is 23.4 Å². The van der Waals surface area contributed by atoms with Crippen LogP contribution in [0.15, 0.2) is 54.6 Å². The van der Waals surface area contributed by atoms with Crippen molar-refractivity contribution in [2.24, 2.45) is 11.3 Å². The molecule has 1 saturated carbocycles. The minimum absolute atomic E-state index is 0.0298. The average molecular weight is 587 g/mol. The highest BCUT2D eigenvalue weighted by atomic mass is 16.5. The van der Waals surface area contributed by atoms with Crippen LogP contribution in [0.5, 0.6) is 5.75 Å². The third kappa shape index (κ3) is 8.33. The fourth-order valence-corrected chi connectivity index (χ4v) is 6.49. The quantitative estimate of drug-likeness (QED) is 0.474. The van der Waals surface area contributed by atoms with Crippen LogP contribution >= 0.6 is 0 Å². The number of hydrogen-bond acceptors (Lipinski definition) is 5. The fraction of sp³-hybridized carbons (Fsp3) is 0.556. The van der Waals surface area contributed by atoms with Crippen LogP contribution in [0.2, 0.25) is 0 Å². The zero-order valence-electron chi connectivity index (χ0n) is 25.5. The molecule has 0 radical (unpaired) electrons. The standard InChI is InChI=1S/C36H46N2O5/c1-36(19-20-36)34(41)30(24-26-11-6-5-7-12-26)37-35(42)28-23-27-15-17-29(18-16-27)43-22-9-4-2-3-8-14-33(40)38-21-10-13-31(38)32(39)25-28/h5-7,11-12,15-18,28,30-31H,2-4,8-10,13-14,19-25H2,1H3,(H,37,42)/t28-,30+,31+/m1/s1. The summed E-state index contributed by atoms with van der Waals surface area (Å²) in [5, 5.41) is 3.09. The van der Waals surface area contributed by atoms with Gasteiger partial charge in [0.2, 0.25) is 11.8 Å². The van der Waals surface area contributed by atoms with E-state index in [0.717, 1.165) is 68.2 Å². The first-order valence-electron chi connectivity index (χ1n) is 16.2. The maximum atomic E-state index is 14.0. The largest absolute Gasteiger partial charge is 0.494 e. The molecule has 3 heterocycles. The van der Waals surface area contributed by atoms with E-state index in [1.54, 1.807) is 4.90 Å². The summed E-state index contributed by atoms with van der Waals surface area (Å²) >= 11 is 0. The van der Waals surface area contributed by atoms with Crippen molar-refractivity contribution in [3.05, 3.63) is 65.7 Å². The Balaban J connectivity index is 1.37. The number of rotatable bonds is 6. The number of nitrogens with one attached hydrogen (secondary N) is 1. The van der Waals surface area contributed by atoms with Crippen molar-refractivity contribution in [1.82, 2.24) is 10.2 Å². The Morgan fingerprint density at radius 2 is 1.65 bits per heavy atom. The number of carbonyl (C=O) groups excluding carboxylic acids is 4. The Hall–Kier alpha value is -3.48. The molecule has 0 unspecified atom stereocenters. The monoisotopic (exact) mass is 586 g/mol. The van der Waals surface area contributed by atoms with Gasteiger partial charge in [0.15, 0.2) is 11.6 Å². The summed E-state index contributed by atoms with van der Waals surface area (Å²) in [6.45, 7) is 3.21. The molecule has 1 N–H and O–H groups in total. The molecule has 3 atom stereocenters. The number of fused-ring (bicyclic) bond motifs is 13. The summed E-state index contributed by atoms with van der Waals surface area (Å²) in [6, 6.07) is 16.4. The summed E-state index contributed by atoms with van der Waals surface area (Å²) in [4.78, 5) is 56.2. The molecule has 1 saturated heterocycles. The molecule has 0 aromatic heterocycles. The minimum Gasteiger partial charge on any atom is -0.494 e. The number of amides is 2. The fourth-order valence-electron chi connectivity index (χ4n) is 6.49. The molecule has 7 nitrogen and oxygen atoms in total. The Kier molecular flexibility index (Phi) is 10.3. The lowest BCUT2D eigenvalue weighted by Crippen LogP contribution is -2.48. The third-order valence-electron chi connectivity index (χ3n) is 9.48. The number of Topliss-reactive ketones (excluding diaryl/α,β-unsaturated/α-hetero) is 2. The summed E-state index contributed by atoms with van der Waals surface area (Å²) in [5.74, 6) is -0.118. The lowest BCUT2D eigenvalue weighted by atomic mass is 9.88. The van der Waals surface area contributed by atoms with Crippen LogP contribution < -0.4 is 10.1 Å². The Morgan fingerprint density at radius 1 is 0.930 bits per heavy atom. The molecule has 2 fully saturated rings. The van der Waals surface area contributed by atoms with E-state index >= 15 is 0 Å². The molecular weight excluding hydrogens is 540 g/mol. The SMILES string of the molecule is CC1(C(=O)[C@H](Cc2ccccc2)NC(=O)[C@H]2CC(=O)[C@@H]3CCCN3C(=O)CCCCCCCOc3ccc(cc3)C2)CC1. The van der Waals surface area contributed by atoms with Crippen molar-refractivity contribution >= 4 is 23.4 Å². The van der Waals surface area contributed by atoms with E-state index in [0.29, 0.717) is 38.8 Å². The van der Waals surface area contributed by atoms with Crippen LogP contribution in [0.4, 0.5) is 0 Å². The summed E-state index contributed by atoms with van der Waals surface area (Å²) < 4.78 is 5.92. The first-order chi connectivity index (χ1) is 20.8. The van der Waals surface area contributed by atoms with Gasteiger partial charge < -0.3 is 15.0 Å². The van der Waals surface area contributed by atoms with E-state index in [1.165, 1.54) is 0 Å². The average Bonchev–Trinajstić information content (AvgIpc) is 3.56. The van der Waals surface area contributed by atoms with Gasteiger partial charge in [0.25, 0.3) is 0 Å². The van der Waals surface area contributed by atoms with Crippen LogP contribution in [-0.4, -0.2) is 53.5 Å². The number of ether oxygens (including phenoxy) is 1. The van der Waals surface area contributed by atoms with E-state index in [2.05, 4.69) is 5.32 Å². The molecular formula is C36H46N2O5. The van der Waals surface area contributed by atoms with Crippen molar-refractivity contribution in [3.8, 4) is 5.75 Å². The van der Waals surface area contributed by atoms with Crippen molar-refractivity contribution in [2.45, 2.75) is 102 Å². The zero-order chi connectivity index (χ0) is 30.2. The van der Waals surface area contributed by atoms with Gasteiger partial charge in [-0.3, -0.25) is 19.2 Å². The van der Waals surface area contributed by atoms with E-state index in [9.17, 15) is 19.2 Å². The molecule has 230 valence electrons. The van der Waals surface area contributed by atoms with Crippen molar-refractivity contribution < 1.29 is 23.9 Å². The Morgan fingerprint density at radius 3 is 2.40 bits per heavy atom. The van der Waals surface area contributed by atoms with Gasteiger partial charge in [-0.15, -0.1) is 0 Å². The summed E-state index contributed by atoms with van der Waals surface area (Å²) in [7, 11) is 0. The minimum atomic E-state index is -0.658. The molecule has 7 heteroatoms. The van der Waals surface area contributed by atoms with E-state index in [4.69, 9.17) is 4.74 Å². The first kappa shape index (κ1) is 31.0. The van der Waals surface area contributed by atoms with Crippen LogP contribution in [0.3, 0.4) is 0 Å².